The van der Waals surface area contributed by atoms with E-state index in [9.17, 15) is 8.42 Å². The van der Waals surface area contributed by atoms with Crippen LogP contribution in [0.25, 0.3) is 0 Å². The first-order chi connectivity index (χ1) is 11.1. The highest BCUT2D eigenvalue weighted by molar-refractivity contribution is 7.90. The smallest absolute Gasteiger partial charge is 0.217 e. The molecule has 0 radical (unpaired) electrons. The molecule has 128 valence electrons. The Morgan fingerprint density at radius 2 is 2.30 bits per heavy atom. The zero-order valence-electron chi connectivity index (χ0n) is 13.1. The molecule has 1 saturated heterocycles. The number of nitrogens with zero attached hydrogens (tertiary/aromatic N) is 3. The Morgan fingerprint density at radius 3 is 3.04 bits per heavy atom. The van der Waals surface area contributed by atoms with Crippen LogP contribution in [0.2, 0.25) is 0 Å². The van der Waals surface area contributed by atoms with Gasteiger partial charge < -0.3 is 14.8 Å². The Bertz CT molecular complexity index is 635. The molecule has 1 atom stereocenters. The highest BCUT2D eigenvalue weighted by Crippen LogP contribution is 2.36. The van der Waals surface area contributed by atoms with Crippen molar-refractivity contribution in [1.29, 1.82) is 0 Å². The summed E-state index contributed by atoms with van der Waals surface area (Å²) in [7, 11) is -1.65. The van der Waals surface area contributed by atoms with Gasteiger partial charge in [-0.3, -0.25) is 0 Å². The van der Waals surface area contributed by atoms with E-state index in [0.717, 1.165) is 12.8 Å². The quantitative estimate of drug-likeness (QED) is 0.717. The summed E-state index contributed by atoms with van der Waals surface area (Å²) in [4.78, 5) is 8.71. The number of sulfonamides is 1. The molecule has 2 aliphatic rings. The van der Waals surface area contributed by atoms with Crippen LogP contribution < -0.4 is 5.32 Å². The lowest BCUT2D eigenvalue weighted by Crippen LogP contribution is -2.45. The second-order valence-corrected chi connectivity index (χ2v) is 7.83. The summed E-state index contributed by atoms with van der Waals surface area (Å²) in [6.07, 6.45) is 3.12. The first-order valence-corrected chi connectivity index (χ1v) is 9.27. The van der Waals surface area contributed by atoms with Crippen LogP contribution in [0.5, 0.6) is 0 Å². The fraction of sp³-hybridized carbons (Fsp3) is 0.714. The van der Waals surface area contributed by atoms with E-state index in [1.165, 1.54) is 4.31 Å². The number of methoxy groups -OCH3 is 1. The van der Waals surface area contributed by atoms with Crippen molar-refractivity contribution in [2.45, 2.75) is 24.1 Å². The molecule has 1 saturated carbocycles. The third-order valence-corrected chi connectivity index (χ3v) is 6.34. The molecule has 23 heavy (non-hydrogen) atoms. The van der Waals surface area contributed by atoms with Gasteiger partial charge in [0, 0.05) is 26.4 Å². The van der Waals surface area contributed by atoms with Gasteiger partial charge in [0.05, 0.1) is 25.1 Å². The summed E-state index contributed by atoms with van der Waals surface area (Å²) < 4.78 is 37.2. The number of anilines is 1. The summed E-state index contributed by atoms with van der Waals surface area (Å²) in [5.41, 5.74) is 0. The van der Waals surface area contributed by atoms with E-state index < -0.39 is 16.1 Å². The number of aromatic nitrogens is 2. The molecule has 8 nitrogen and oxygen atoms in total. The second-order valence-electron chi connectivity index (χ2n) is 5.67. The van der Waals surface area contributed by atoms with Crippen molar-refractivity contribution in [2.24, 2.45) is 0 Å². The van der Waals surface area contributed by atoms with E-state index in [1.807, 2.05) is 0 Å². The predicted molar refractivity (Wildman–Crippen MR) is 84.6 cm³/mol. The van der Waals surface area contributed by atoms with Crippen molar-refractivity contribution in [3.8, 4) is 0 Å². The standard InChI is InChI=1S/C14H22N4O4S/c1-21-8-6-15-13-4-5-16-14(17-13)12-10-22-9-7-18(12)23(19,20)11-2-3-11/h4-5,11-12H,2-3,6-10H2,1H3,(H,15,16,17)/t12-/m1/s1. The van der Waals surface area contributed by atoms with E-state index in [1.54, 1.807) is 19.4 Å². The van der Waals surface area contributed by atoms with E-state index in [2.05, 4.69) is 15.3 Å². The van der Waals surface area contributed by atoms with E-state index in [-0.39, 0.29) is 11.9 Å². The van der Waals surface area contributed by atoms with Crippen molar-refractivity contribution in [1.82, 2.24) is 14.3 Å². The monoisotopic (exact) mass is 342 g/mol. The van der Waals surface area contributed by atoms with Gasteiger partial charge in [-0.25, -0.2) is 18.4 Å². The molecule has 2 fully saturated rings. The fourth-order valence-corrected chi connectivity index (χ4v) is 4.52. The first kappa shape index (κ1) is 16.6. The molecular weight excluding hydrogens is 320 g/mol. The maximum Gasteiger partial charge on any atom is 0.217 e. The average molecular weight is 342 g/mol. The number of hydrogen-bond acceptors (Lipinski definition) is 7. The Morgan fingerprint density at radius 1 is 1.48 bits per heavy atom. The Hall–Kier alpha value is -1.29. The fourth-order valence-electron chi connectivity index (χ4n) is 2.57. The summed E-state index contributed by atoms with van der Waals surface area (Å²) in [5.74, 6) is 1.12. The van der Waals surface area contributed by atoms with Gasteiger partial charge in [0.15, 0.2) is 5.82 Å². The number of hydrogen-bond donors (Lipinski definition) is 1. The van der Waals surface area contributed by atoms with Crippen LogP contribution in [0.15, 0.2) is 12.3 Å². The lowest BCUT2D eigenvalue weighted by atomic mass is 10.2. The SMILES string of the molecule is COCCNc1ccnc([C@H]2COCCN2S(=O)(=O)C2CC2)n1. The van der Waals surface area contributed by atoms with Gasteiger partial charge in [-0.05, 0) is 18.9 Å². The van der Waals surface area contributed by atoms with Gasteiger partial charge in [0.25, 0.3) is 0 Å². The molecule has 0 aromatic carbocycles. The van der Waals surface area contributed by atoms with Crippen molar-refractivity contribution < 1.29 is 17.9 Å². The summed E-state index contributed by atoms with van der Waals surface area (Å²) in [6.45, 7) is 2.24. The van der Waals surface area contributed by atoms with Gasteiger partial charge in [-0.1, -0.05) is 0 Å². The Balaban J connectivity index is 1.79. The summed E-state index contributed by atoms with van der Waals surface area (Å²) in [6, 6.07) is 1.29. The lowest BCUT2D eigenvalue weighted by molar-refractivity contribution is 0.0289. The Labute approximate surface area is 136 Å². The van der Waals surface area contributed by atoms with E-state index in [0.29, 0.717) is 37.9 Å². The molecule has 1 aliphatic heterocycles. The van der Waals surface area contributed by atoms with Crippen LogP contribution in [-0.2, 0) is 19.5 Å². The number of morpholine rings is 1. The molecule has 1 aromatic rings. The summed E-state index contributed by atoms with van der Waals surface area (Å²) in [5, 5.41) is 2.88. The normalized spacial score (nSPS) is 22.9. The predicted octanol–water partition coefficient (Wildman–Crippen LogP) is 0.400. The van der Waals surface area contributed by atoms with E-state index >= 15 is 0 Å². The van der Waals surface area contributed by atoms with Crippen LogP contribution in [-0.4, -0.2) is 68.0 Å². The zero-order valence-corrected chi connectivity index (χ0v) is 14.0. The maximum atomic E-state index is 12.6. The highest BCUT2D eigenvalue weighted by atomic mass is 32.2. The van der Waals surface area contributed by atoms with Crippen LogP contribution >= 0.6 is 0 Å². The van der Waals surface area contributed by atoms with Crippen LogP contribution in [0, 0.1) is 0 Å². The molecule has 2 heterocycles. The van der Waals surface area contributed by atoms with E-state index in [4.69, 9.17) is 9.47 Å². The van der Waals surface area contributed by atoms with Gasteiger partial charge in [0.2, 0.25) is 10.0 Å². The molecule has 3 rings (SSSR count). The van der Waals surface area contributed by atoms with Gasteiger partial charge in [0.1, 0.15) is 11.9 Å². The van der Waals surface area contributed by atoms with Crippen molar-refractivity contribution in [2.75, 3.05) is 45.3 Å². The Kier molecular flexibility index (Phi) is 5.10. The molecule has 0 bridgehead atoms. The van der Waals surface area contributed by atoms with Crippen molar-refractivity contribution >= 4 is 15.8 Å². The molecule has 1 aliphatic carbocycles. The van der Waals surface area contributed by atoms with Gasteiger partial charge in [-0.15, -0.1) is 0 Å². The van der Waals surface area contributed by atoms with Crippen LogP contribution in [0.1, 0.15) is 24.7 Å². The number of ether oxygens (including phenoxy) is 2. The highest BCUT2D eigenvalue weighted by Gasteiger charge is 2.45. The third-order valence-electron chi connectivity index (χ3n) is 3.94. The molecule has 0 amide bonds. The molecule has 1 aromatic heterocycles. The zero-order chi connectivity index (χ0) is 16.3. The molecule has 0 unspecified atom stereocenters. The molecule has 1 N–H and O–H groups in total. The van der Waals surface area contributed by atoms with Crippen molar-refractivity contribution in [3.05, 3.63) is 18.1 Å². The maximum absolute atomic E-state index is 12.6. The van der Waals surface area contributed by atoms with Crippen LogP contribution in [0.3, 0.4) is 0 Å². The average Bonchev–Trinajstić information content (AvgIpc) is 3.41. The molecule has 0 spiro atoms. The second kappa shape index (κ2) is 7.08. The summed E-state index contributed by atoms with van der Waals surface area (Å²) >= 11 is 0. The topological polar surface area (TPSA) is 93.6 Å². The van der Waals surface area contributed by atoms with Gasteiger partial charge in [-0.2, -0.15) is 4.31 Å². The molecular formula is C14H22N4O4S. The minimum Gasteiger partial charge on any atom is -0.383 e. The number of rotatable bonds is 7. The van der Waals surface area contributed by atoms with Crippen LogP contribution in [0.4, 0.5) is 5.82 Å². The third kappa shape index (κ3) is 3.79. The molecule has 9 heteroatoms. The minimum absolute atomic E-state index is 0.244. The first-order valence-electron chi connectivity index (χ1n) is 7.77. The largest absolute Gasteiger partial charge is 0.383 e. The van der Waals surface area contributed by atoms with Crippen molar-refractivity contribution in [3.63, 3.8) is 0 Å². The number of nitrogens with one attached hydrogen (secondary N) is 1. The minimum atomic E-state index is -3.29. The van der Waals surface area contributed by atoms with Gasteiger partial charge >= 0.3 is 0 Å². The lowest BCUT2D eigenvalue weighted by Gasteiger charge is -2.33.